The third-order valence-corrected chi connectivity index (χ3v) is 0.667. The second-order valence-corrected chi connectivity index (χ2v) is 1.15. The van der Waals surface area contributed by atoms with Gasteiger partial charge >= 0.3 is 130 Å². The first-order chi connectivity index (χ1) is 3.00. The molecule has 0 nitrogen and oxygen atoms in total. The van der Waals surface area contributed by atoms with Gasteiger partial charge in [0.25, 0.3) is 0 Å². The van der Waals surface area contributed by atoms with E-state index >= 15 is 0 Å². The molecular weight excluding hydrogens is 357 g/mol. The van der Waals surface area contributed by atoms with Crippen LogP contribution in [0.15, 0.2) is 36.4 Å². The summed E-state index contributed by atoms with van der Waals surface area (Å²) in [6, 6.07) is 12.0. The zero-order chi connectivity index (χ0) is 4.24. The first-order valence-corrected chi connectivity index (χ1v) is 2.00. The maximum atomic E-state index is 2.00. The predicted octanol–water partition coefficient (Wildman–Crippen LogP) is -5.00. The maximum Gasteiger partial charge on any atom is -0.0623 e. The van der Waals surface area contributed by atoms with Gasteiger partial charge in [0.2, 0.25) is 0 Å². The molecule has 2 radical (unpaired) electrons. The van der Waals surface area contributed by atoms with Gasteiger partial charge in [-0.1, -0.05) is 36.4 Å². The Balaban J connectivity index is -0.0000000240. The summed E-state index contributed by atoms with van der Waals surface area (Å²) in [5, 5.41) is 0. The molecule has 0 saturated carbocycles. The molecule has 0 aliphatic rings. The van der Waals surface area contributed by atoms with E-state index < -0.39 is 0 Å². The van der Waals surface area contributed by atoms with Crippen LogP contribution >= 0.6 is 0 Å². The molecule has 0 atom stereocenters. The normalized spacial score (nSPS) is 5.33. The Bertz CT molecular complexity index is 90.5. The van der Waals surface area contributed by atoms with Crippen LogP contribution in [-0.4, -0.2) is 27.3 Å². The number of rotatable bonds is 0. The van der Waals surface area contributed by atoms with Crippen LogP contribution < -0.4 is 103 Å². The number of benzene rings is 1. The summed E-state index contributed by atoms with van der Waals surface area (Å²) in [6.07, 6.45) is 0. The minimum Gasteiger partial charge on any atom is -0.0623 e. The van der Waals surface area contributed by atoms with Crippen LogP contribution in [-0.2, 0) is 0 Å². The Kier molecular flexibility index (Phi) is 28.3. The summed E-state index contributed by atoms with van der Waals surface area (Å²) in [6.45, 7) is 0. The summed E-state index contributed by atoms with van der Waals surface area (Å²) < 4.78 is 0. The van der Waals surface area contributed by atoms with Crippen molar-refractivity contribution in [2.45, 2.75) is 0 Å². The van der Waals surface area contributed by atoms with Crippen LogP contribution in [0.5, 0.6) is 0 Å². The molecule has 0 heterocycles. The topological polar surface area (TPSA) is 0 Å². The molecule has 40 valence electrons. The quantitative estimate of drug-likeness (QED) is 0.403. The summed E-state index contributed by atoms with van der Waals surface area (Å²) in [5.74, 6) is 0. The first-order valence-electron chi connectivity index (χ1n) is 2.00. The average molecular weight is 368 g/mol. The molecule has 0 aliphatic heterocycles. The van der Waals surface area contributed by atoms with Crippen molar-refractivity contribution in [2.24, 2.45) is 0 Å². The zero-order valence-corrected chi connectivity index (χ0v) is 17.9. The minimum absolute atomic E-state index is 0. The molecule has 1 aromatic rings. The van der Waals surface area contributed by atoms with Gasteiger partial charge in [-0.3, -0.25) is 0 Å². The first kappa shape index (κ1) is 18.2. The van der Waals surface area contributed by atoms with E-state index in [-0.39, 0.29) is 133 Å². The monoisotopic (exact) mass is 368 g/mol. The molecule has 0 amide bonds. The van der Waals surface area contributed by atoms with Crippen molar-refractivity contribution < 1.29 is 106 Å². The Morgan fingerprint density at radius 2 is 0.667 bits per heavy atom. The van der Waals surface area contributed by atoms with Crippen LogP contribution in [0, 0.1) is 0 Å². The molecule has 9 heavy (non-hydrogen) atoms. The Hall–Kier alpha value is 3.41. The SMILES string of the molecule is [H-].[H-].[K+].[K+].[PbH2].c1ccccc1. The molecule has 0 saturated heterocycles. The van der Waals surface area contributed by atoms with Gasteiger partial charge in [-0.15, -0.1) is 0 Å². The van der Waals surface area contributed by atoms with Crippen molar-refractivity contribution in [3.05, 3.63) is 36.4 Å². The molecule has 0 aromatic heterocycles. The minimum atomic E-state index is 0. The Morgan fingerprint density at radius 3 is 0.778 bits per heavy atom. The molecule has 0 aliphatic carbocycles. The predicted molar refractivity (Wildman–Crippen MR) is 37.2 cm³/mol. The summed E-state index contributed by atoms with van der Waals surface area (Å²) in [5.41, 5.74) is 0. The van der Waals surface area contributed by atoms with E-state index in [1.54, 1.807) is 0 Å². The molecular formula is C6H10K2Pb. The molecule has 0 bridgehead atoms. The van der Waals surface area contributed by atoms with Gasteiger partial charge in [0.15, 0.2) is 0 Å². The van der Waals surface area contributed by atoms with Gasteiger partial charge in [0.1, 0.15) is 0 Å². The summed E-state index contributed by atoms with van der Waals surface area (Å²) >= 11 is 0. The summed E-state index contributed by atoms with van der Waals surface area (Å²) in [7, 11) is 0. The molecule has 0 N–H and O–H groups in total. The molecule has 3 heteroatoms. The van der Waals surface area contributed by atoms with Crippen molar-refractivity contribution in [3.63, 3.8) is 0 Å². The van der Waals surface area contributed by atoms with E-state index in [0.29, 0.717) is 0 Å². The van der Waals surface area contributed by atoms with E-state index in [1.807, 2.05) is 36.4 Å². The Morgan fingerprint density at radius 1 is 0.556 bits per heavy atom. The average Bonchev–Trinajstić information content (AvgIpc) is 1.72. The van der Waals surface area contributed by atoms with E-state index in [2.05, 4.69) is 0 Å². The fraction of sp³-hybridized carbons (Fsp3) is 0. The maximum absolute atomic E-state index is 2.00. The van der Waals surface area contributed by atoms with Gasteiger partial charge < -0.3 is 2.85 Å². The molecule has 1 rings (SSSR count). The molecule has 0 spiro atoms. The van der Waals surface area contributed by atoms with E-state index in [1.165, 1.54) is 0 Å². The van der Waals surface area contributed by atoms with Crippen LogP contribution in [0.4, 0.5) is 0 Å². The smallest absolute Gasteiger partial charge is 0.0623 e. The second kappa shape index (κ2) is 14.0. The molecule has 0 unspecified atom stereocenters. The van der Waals surface area contributed by atoms with E-state index in [0.717, 1.165) is 0 Å². The largest absolute Gasteiger partial charge is 0.0623 e. The van der Waals surface area contributed by atoms with Gasteiger partial charge in [0, 0.05) is 0 Å². The Labute approximate surface area is 165 Å². The van der Waals surface area contributed by atoms with Crippen molar-refractivity contribution in [1.29, 1.82) is 0 Å². The molecule has 0 fully saturated rings. The number of hydrogen-bond acceptors (Lipinski definition) is 0. The van der Waals surface area contributed by atoms with Gasteiger partial charge in [-0.05, 0) is 0 Å². The van der Waals surface area contributed by atoms with Gasteiger partial charge in [-0.2, -0.15) is 0 Å². The fourth-order valence-corrected chi connectivity index (χ4v) is 0.385. The van der Waals surface area contributed by atoms with Gasteiger partial charge in [0.05, 0.1) is 0 Å². The van der Waals surface area contributed by atoms with Crippen molar-refractivity contribution in [3.8, 4) is 0 Å². The third-order valence-electron chi connectivity index (χ3n) is 0.667. The van der Waals surface area contributed by atoms with Crippen molar-refractivity contribution in [1.82, 2.24) is 0 Å². The van der Waals surface area contributed by atoms with Crippen molar-refractivity contribution >= 4 is 27.3 Å². The van der Waals surface area contributed by atoms with Crippen LogP contribution in [0.3, 0.4) is 0 Å². The second-order valence-electron chi connectivity index (χ2n) is 1.15. The van der Waals surface area contributed by atoms with E-state index in [9.17, 15) is 0 Å². The van der Waals surface area contributed by atoms with Crippen LogP contribution in [0.25, 0.3) is 0 Å². The van der Waals surface area contributed by atoms with Crippen LogP contribution in [0.1, 0.15) is 2.85 Å². The fourth-order valence-electron chi connectivity index (χ4n) is 0.385. The van der Waals surface area contributed by atoms with Crippen LogP contribution in [0.2, 0.25) is 0 Å². The zero-order valence-electron chi connectivity index (χ0n) is 8.17. The van der Waals surface area contributed by atoms with Gasteiger partial charge in [-0.25, -0.2) is 0 Å². The summed E-state index contributed by atoms with van der Waals surface area (Å²) in [4.78, 5) is 0. The number of hydrogen-bond donors (Lipinski definition) is 0. The standard InChI is InChI=1S/C6H6.2K.Pb.4H/c1-2-4-6-5-3-1;;;;;;;/h1-6H;;;;;;;/q;2*+1;;;;2*-1. The van der Waals surface area contributed by atoms with E-state index in [4.69, 9.17) is 0 Å². The third kappa shape index (κ3) is 11.4. The molecule has 1 aromatic carbocycles. The van der Waals surface area contributed by atoms with Crippen molar-refractivity contribution in [2.75, 3.05) is 0 Å².